The minimum atomic E-state index is -1.25. The van der Waals surface area contributed by atoms with Crippen LogP contribution in [0.1, 0.15) is 30.2 Å². The highest BCUT2D eigenvalue weighted by molar-refractivity contribution is 8.15. The van der Waals surface area contributed by atoms with Crippen molar-refractivity contribution in [1.82, 2.24) is 15.0 Å². The van der Waals surface area contributed by atoms with E-state index in [1.54, 1.807) is 6.92 Å². The molecular formula is C22H19F2N5O4S. The van der Waals surface area contributed by atoms with E-state index in [4.69, 9.17) is 21.7 Å². The highest BCUT2D eigenvalue weighted by atomic mass is 32.2. The molecule has 0 aromatic carbocycles. The van der Waals surface area contributed by atoms with E-state index in [9.17, 15) is 18.7 Å². The van der Waals surface area contributed by atoms with Crippen LogP contribution in [-0.4, -0.2) is 49.3 Å². The summed E-state index contributed by atoms with van der Waals surface area (Å²) < 4.78 is 33.4. The molecule has 1 fully saturated rings. The molecular weight excluding hydrogens is 468 g/mol. The van der Waals surface area contributed by atoms with Gasteiger partial charge in [0.1, 0.15) is 17.2 Å². The molecule has 0 amide bonds. The topological polar surface area (TPSA) is 141 Å². The second-order valence-corrected chi connectivity index (χ2v) is 8.83. The molecule has 2 aromatic heterocycles. The third-order valence-electron chi connectivity index (χ3n) is 5.45. The number of hydrogen-bond acceptors (Lipinski definition) is 9. The summed E-state index contributed by atoms with van der Waals surface area (Å²) >= 11 is 0.969. The van der Waals surface area contributed by atoms with Crippen LogP contribution in [0.5, 0.6) is 5.88 Å². The Balaban J connectivity index is 0.00000158. The first-order chi connectivity index (χ1) is 16.2. The van der Waals surface area contributed by atoms with Gasteiger partial charge in [0.15, 0.2) is 17.6 Å². The van der Waals surface area contributed by atoms with Crippen LogP contribution in [0.15, 0.2) is 29.6 Å². The summed E-state index contributed by atoms with van der Waals surface area (Å²) in [6.45, 7) is 3.62. The van der Waals surface area contributed by atoms with Crippen molar-refractivity contribution in [2.75, 3.05) is 6.61 Å². The van der Waals surface area contributed by atoms with E-state index >= 15 is 0 Å². The molecule has 1 aliphatic carbocycles. The van der Waals surface area contributed by atoms with E-state index < -0.39 is 33.9 Å². The van der Waals surface area contributed by atoms with Gasteiger partial charge in [-0.05, 0) is 31.1 Å². The lowest BCUT2D eigenvalue weighted by Crippen LogP contribution is -2.39. The Morgan fingerprint density at radius 3 is 2.76 bits per heavy atom. The summed E-state index contributed by atoms with van der Waals surface area (Å²) in [6, 6.07) is 1.39. The highest BCUT2D eigenvalue weighted by Crippen LogP contribution is 2.65. The number of carboxylic acids is 1. The molecule has 3 atom stereocenters. The SMILES string of the molecule is C#CCOc1cnc(/C(F)=C/c2cnc(F)c(C3(C)N=C(N)SC4(C(=O)O)CC43)c2)cn1.C=O. The lowest BCUT2D eigenvalue weighted by atomic mass is 9.86. The van der Waals surface area contributed by atoms with E-state index in [1.165, 1.54) is 18.5 Å². The number of halogens is 2. The zero-order valence-corrected chi connectivity index (χ0v) is 18.7. The largest absolute Gasteiger partial charge is 0.480 e. The number of aliphatic imine (C=N–C) groups is 1. The molecule has 12 heteroatoms. The van der Waals surface area contributed by atoms with Gasteiger partial charge in [0.05, 0.1) is 17.9 Å². The van der Waals surface area contributed by atoms with Gasteiger partial charge in [-0.3, -0.25) is 9.79 Å². The number of hydrogen-bond donors (Lipinski definition) is 2. The first-order valence-corrected chi connectivity index (χ1v) is 10.5. The summed E-state index contributed by atoms with van der Waals surface area (Å²) in [7, 11) is 0. The average molecular weight is 487 g/mol. The number of nitrogens with zero attached hydrogens (tertiary/aromatic N) is 4. The van der Waals surface area contributed by atoms with E-state index in [-0.39, 0.29) is 40.9 Å². The lowest BCUT2D eigenvalue weighted by Gasteiger charge is -2.32. The molecule has 3 N–H and O–H groups in total. The molecule has 4 rings (SSSR count). The maximum absolute atomic E-state index is 14.7. The van der Waals surface area contributed by atoms with Crippen molar-refractivity contribution in [3.8, 4) is 18.2 Å². The van der Waals surface area contributed by atoms with Crippen LogP contribution in [0.25, 0.3) is 11.9 Å². The average Bonchev–Trinajstić information content (AvgIpc) is 3.57. The van der Waals surface area contributed by atoms with Crippen LogP contribution in [0.4, 0.5) is 8.78 Å². The van der Waals surface area contributed by atoms with Crippen molar-refractivity contribution in [2.24, 2.45) is 16.6 Å². The van der Waals surface area contributed by atoms with Crippen molar-refractivity contribution in [3.63, 3.8) is 0 Å². The Bertz CT molecular complexity index is 1220. The molecule has 3 heterocycles. The standard InChI is InChI=1S/C21H17F2N5O3S.CH2O/c1-3-4-31-16-10-25-14(9-26-16)13(22)6-11-5-12(17(23)27-8-11)20(2)15-7-21(15,18(29)30)32-19(24)28-20;1-2/h1,5-6,8-10,15H,4,7H2,2H3,(H2,24,28)(H,29,30);1H2/b13-6-;. The number of pyridine rings is 1. The smallest absolute Gasteiger partial charge is 0.320 e. The molecule has 0 spiro atoms. The van der Waals surface area contributed by atoms with E-state index in [2.05, 4.69) is 25.9 Å². The van der Waals surface area contributed by atoms with Crippen molar-refractivity contribution in [2.45, 2.75) is 23.6 Å². The zero-order chi connectivity index (χ0) is 25.1. The predicted octanol–water partition coefficient (Wildman–Crippen LogP) is 2.43. The van der Waals surface area contributed by atoms with Crippen LogP contribution >= 0.6 is 11.8 Å². The number of terminal acetylenes is 1. The number of aliphatic carboxylic acids is 1. The van der Waals surface area contributed by atoms with Gasteiger partial charge in [0, 0.05) is 17.7 Å². The molecule has 2 aromatic rings. The van der Waals surface area contributed by atoms with Crippen LogP contribution in [0.3, 0.4) is 0 Å². The maximum Gasteiger partial charge on any atom is 0.320 e. The summed E-state index contributed by atoms with van der Waals surface area (Å²) in [4.78, 5) is 35.7. The van der Waals surface area contributed by atoms with Gasteiger partial charge in [-0.1, -0.05) is 17.7 Å². The van der Waals surface area contributed by atoms with Gasteiger partial charge >= 0.3 is 5.97 Å². The molecule has 0 radical (unpaired) electrons. The molecule has 1 saturated carbocycles. The molecule has 0 saturated heterocycles. The molecule has 34 heavy (non-hydrogen) atoms. The number of carbonyl (C=O) groups excluding carboxylic acids is 1. The molecule has 2 aliphatic rings. The van der Waals surface area contributed by atoms with Gasteiger partial charge in [-0.25, -0.2) is 19.3 Å². The Morgan fingerprint density at radius 2 is 2.15 bits per heavy atom. The number of aromatic nitrogens is 3. The fraction of sp³-hybridized carbons (Fsp3) is 0.273. The minimum absolute atomic E-state index is 0.00476. The summed E-state index contributed by atoms with van der Waals surface area (Å²) in [6.07, 6.45) is 10.1. The molecule has 1 aliphatic heterocycles. The first-order valence-electron chi connectivity index (χ1n) is 9.68. The number of thioether (sulfide) groups is 1. The molecule has 9 nitrogen and oxygen atoms in total. The lowest BCUT2D eigenvalue weighted by molar-refractivity contribution is -0.137. The third kappa shape index (κ3) is 4.47. The van der Waals surface area contributed by atoms with Gasteiger partial charge in [-0.2, -0.15) is 4.39 Å². The first kappa shape index (κ1) is 24.8. The number of nitrogens with two attached hydrogens (primary N) is 1. The number of rotatable bonds is 6. The van der Waals surface area contributed by atoms with Crippen molar-refractivity contribution >= 4 is 41.6 Å². The second-order valence-electron chi connectivity index (χ2n) is 7.48. The normalized spacial score (nSPS) is 25.1. The number of carbonyl (C=O) groups is 2. The van der Waals surface area contributed by atoms with Crippen molar-refractivity contribution < 1.29 is 28.2 Å². The Kier molecular flexibility index (Phi) is 6.97. The molecule has 3 unspecified atom stereocenters. The maximum atomic E-state index is 14.7. The summed E-state index contributed by atoms with van der Waals surface area (Å²) in [5, 5.41) is 9.69. The fourth-order valence-electron chi connectivity index (χ4n) is 3.80. The predicted molar refractivity (Wildman–Crippen MR) is 122 cm³/mol. The Morgan fingerprint density at radius 1 is 1.41 bits per heavy atom. The summed E-state index contributed by atoms with van der Waals surface area (Å²) in [5.74, 6) is -0.641. The van der Waals surface area contributed by atoms with Crippen LogP contribution in [-0.2, 0) is 15.1 Å². The number of fused-ring (bicyclic) bond motifs is 1. The highest BCUT2D eigenvalue weighted by Gasteiger charge is 2.71. The monoisotopic (exact) mass is 487 g/mol. The minimum Gasteiger partial charge on any atom is -0.480 e. The number of carboxylic acid groups (broad SMARTS) is 1. The van der Waals surface area contributed by atoms with Crippen molar-refractivity contribution in [1.29, 1.82) is 0 Å². The zero-order valence-electron chi connectivity index (χ0n) is 17.9. The van der Waals surface area contributed by atoms with Gasteiger partial charge in [0.2, 0.25) is 11.8 Å². The van der Waals surface area contributed by atoms with Crippen molar-refractivity contribution in [3.05, 3.63) is 47.4 Å². The Hall–Kier alpha value is -3.85. The van der Waals surface area contributed by atoms with Crippen LogP contribution in [0.2, 0.25) is 0 Å². The van der Waals surface area contributed by atoms with Gasteiger partial charge < -0.3 is 20.4 Å². The van der Waals surface area contributed by atoms with E-state index in [0.717, 1.165) is 24.0 Å². The summed E-state index contributed by atoms with van der Waals surface area (Å²) in [5.41, 5.74) is 4.83. The molecule has 0 bridgehead atoms. The third-order valence-corrected chi connectivity index (χ3v) is 6.75. The van der Waals surface area contributed by atoms with E-state index in [1.807, 2.05) is 6.79 Å². The molecule has 176 valence electrons. The van der Waals surface area contributed by atoms with Crippen LogP contribution < -0.4 is 10.5 Å². The van der Waals surface area contributed by atoms with E-state index in [0.29, 0.717) is 0 Å². The van der Waals surface area contributed by atoms with Gasteiger partial charge in [-0.15, -0.1) is 6.42 Å². The Labute approximate surface area is 197 Å². The number of ether oxygens (including phenoxy) is 1. The fourth-order valence-corrected chi connectivity index (χ4v) is 5.12. The second kappa shape index (κ2) is 9.56. The number of amidine groups is 1. The quantitative estimate of drug-likeness (QED) is 0.464. The van der Waals surface area contributed by atoms with Crippen LogP contribution in [0, 0.1) is 24.2 Å². The van der Waals surface area contributed by atoms with Gasteiger partial charge in [0.25, 0.3) is 0 Å².